The molecule has 2 amide bonds. The molecule has 0 fully saturated rings. The standard InChI is InChI=1S/C19H19N3O2/c1-19(13-23,15-9-3-2-4-10-15)22-18(24)21-16-11-5-7-14-8-6-12-20-17(14)16/h2-12,23H,13H2,1H3,(H2,21,22,24)/t19-/m1/s1. The van der Waals surface area contributed by atoms with E-state index in [1.807, 2.05) is 54.6 Å². The van der Waals surface area contributed by atoms with E-state index in [9.17, 15) is 9.90 Å². The largest absolute Gasteiger partial charge is 0.394 e. The number of hydrogen-bond donors (Lipinski definition) is 3. The summed E-state index contributed by atoms with van der Waals surface area (Å²) in [5, 5.41) is 16.4. The highest BCUT2D eigenvalue weighted by molar-refractivity contribution is 5.99. The van der Waals surface area contributed by atoms with Crippen LogP contribution in [0, 0.1) is 0 Å². The van der Waals surface area contributed by atoms with Crippen molar-refractivity contribution in [3.05, 3.63) is 72.4 Å². The number of carbonyl (C=O) groups is 1. The Bertz CT molecular complexity index is 846. The molecule has 0 bridgehead atoms. The molecule has 5 nitrogen and oxygen atoms in total. The maximum absolute atomic E-state index is 12.4. The molecule has 0 saturated heterocycles. The number of anilines is 1. The van der Waals surface area contributed by atoms with Gasteiger partial charge in [-0.25, -0.2) is 4.79 Å². The first-order valence-corrected chi connectivity index (χ1v) is 7.72. The summed E-state index contributed by atoms with van der Waals surface area (Å²) in [6.45, 7) is 1.57. The maximum atomic E-state index is 12.4. The fraction of sp³-hybridized carbons (Fsp3) is 0.158. The van der Waals surface area contributed by atoms with Crippen molar-refractivity contribution in [3.8, 4) is 0 Å². The third kappa shape index (κ3) is 3.21. The number of nitrogens with one attached hydrogen (secondary N) is 2. The van der Waals surface area contributed by atoms with Crippen LogP contribution in [0.4, 0.5) is 10.5 Å². The highest BCUT2D eigenvalue weighted by Crippen LogP contribution is 2.22. The van der Waals surface area contributed by atoms with Crippen LogP contribution >= 0.6 is 0 Å². The molecule has 0 aliphatic rings. The SMILES string of the molecule is C[C@](CO)(NC(=O)Nc1cccc2cccnc12)c1ccccc1. The van der Waals surface area contributed by atoms with Gasteiger partial charge in [0, 0.05) is 11.6 Å². The molecule has 1 heterocycles. The van der Waals surface area contributed by atoms with Gasteiger partial charge in [0.1, 0.15) is 0 Å². The maximum Gasteiger partial charge on any atom is 0.320 e. The number of aliphatic hydroxyl groups is 1. The topological polar surface area (TPSA) is 74.2 Å². The van der Waals surface area contributed by atoms with Crippen molar-refractivity contribution in [2.24, 2.45) is 0 Å². The molecule has 24 heavy (non-hydrogen) atoms. The van der Waals surface area contributed by atoms with Gasteiger partial charge in [0.2, 0.25) is 0 Å². The number of amides is 2. The number of carbonyl (C=O) groups excluding carboxylic acids is 1. The van der Waals surface area contributed by atoms with Gasteiger partial charge < -0.3 is 15.7 Å². The second-order valence-corrected chi connectivity index (χ2v) is 5.82. The summed E-state index contributed by atoms with van der Waals surface area (Å²) in [6, 6.07) is 18.4. The number of rotatable bonds is 4. The third-order valence-electron chi connectivity index (χ3n) is 4.00. The van der Waals surface area contributed by atoms with E-state index in [0.717, 1.165) is 16.5 Å². The van der Waals surface area contributed by atoms with Crippen LogP contribution < -0.4 is 10.6 Å². The Balaban J connectivity index is 1.82. The number of fused-ring (bicyclic) bond motifs is 1. The molecule has 3 rings (SSSR count). The normalized spacial score (nSPS) is 13.2. The average molecular weight is 321 g/mol. The molecule has 0 spiro atoms. The van der Waals surface area contributed by atoms with Crippen molar-refractivity contribution in [3.63, 3.8) is 0 Å². The molecule has 1 atom stereocenters. The van der Waals surface area contributed by atoms with E-state index >= 15 is 0 Å². The summed E-state index contributed by atoms with van der Waals surface area (Å²) >= 11 is 0. The van der Waals surface area contributed by atoms with Gasteiger partial charge in [-0.05, 0) is 24.6 Å². The minimum Gasteiger partial charge on any atom is -0.394 e. The van der Waals surface area contributed by atoms with Gasteiger partial charge in [-0.3, -0.25) is 4.98 Å². The molecule has 122 valence electrons. The lowest BCUT2D eigenvalue weighted by molar-refractivity contribution is 0.176. The molecule has 5 heteroatoms. The van der Waals surface area contributed by atoms with Gasteiger partial charge in [0.15, 0.2) is 0 Å². The lowest BCUT2D eigenvalue weighted by Gasteiger charge is -2.29. The summed E-state index contributed by atoms with van der Waals surface area (Å²) in [6.07, 6.45) is 1.69. The number of nitrogens with zero attached hydrogens (tertiary/aromatic N) is 1. The number of urea groups is 1. The van der Waals surface area contributed by atoms with Crippen LogP contribution in [-0.4, -0.2) is 22.7 Å². The third-order valence-corrected chi connectivity index (χ3v) is 4.00. The van der Waals surface area contributed by atoms with Crippen molar-refractivity contribution in [1.82, 2.24) is 10.3 Å². The molecule has 2 aromatic carbocycles. The van der Waals surface area contributed by atoms with Gasteiger partial charge >= 0.3 is 6.03 Å². The molecule has 0 radical (unpaired) electrons. The minimum absolute atomic E-state index is 0.210. The van der Waals surface area contributed by atoms with Gasteiger partial charge in [-0.1, -0.05) is 48.5 Å². The van der Waals surface area contributed by atoms with Crippen LogP contribution in [0.2, 0.25) is 0 Å². The summed E-state index contributed by atoms with van der Waals surface area (Å²) in [5.74, 6) is 0. The molecular weight excluding hydrogens is 302 g/mol. The minimum atomic E-state index is -0.872. The first-order valence-electron chi connectivity index (χ1n) is 7.72. The van der Waals surface area contributed by atoms with Crippen molar-refractivity contribution in [2.75, 3.05) is 11.9 Å². The molecule has 3 N–H and O–H groups in total. The Labute approximate surface area is 140 Å². The Morgan fingerprint density at radius 1 is 1.08 bits per heavy atom. The van der Waals surface area contributed by atoms with E-state index in [1.54, 1.807) is 19.2 Å². The highest BCUT2D eigenvalue weighted by atomic mass is 16.3. The van der Waals surface area contributed by atoms with Crippen LogP contribution in [0.25, 0.3) is 10.9 Å². The van der Waals surface area contributed by atoms with Crippen LogP contribution in [0.5, 0.6) is 0 Å². The van der Waals surface area contributed by atoms with Crippen molar-refractivity contribution in [2.45, 2.75) is 12.5 Å². The summed E-state index contributed by atoms with van der Waals surface area (Å²) in [4.78, 5) is 16.8. The van der Waals surface area contributed by atoms with Crippen LogP contribution in [-0.2, 0) is 5.54 Å². The molecule has 0 saturated carbocycles. The van der Waals surface area contributed by atoms with Crippen molar-refractivity contribution in [1.29, 1.82) is 0 Å². The summed E-state index contributed by atoms with van der Waals surface area (Å²) in [7, 11) is 0. The van der Waals surface area contributed by atoms with Crippen molar-refractivity contribution >= 4 is 22.6 Å². The highest BCUT2D eigenvalue weighted by Gasteiger charge is 2.27. The molecular formula is C19H19N3O2. The van der Waals surface area contributed by atoms with E-state index in [1.165, 1.54) is 0 Å². The summed E-state index contributed by atoms with van der Waals surface area (Å²) < 4.78 is 0. The summed E-state index contributed by atoms with van der Waals surface area (Å²) in [5.41, 5.74) is 1.31. The zero-order chi connectivity index (χ0) is 17.0. The first kappa shape index (κ1) is 16.0. The van der Waals surface area contributed by atoms with E-state index in [4.69, 9.17) is 0 Å². The number of aromatic nitrogens is 1. The molecule has 0 aliphatic carbocycles. The number of benzene rings is 2. The Hall–Kier alpha value is -2.92. The lowest BCUT2D eigenvalue weighted by atomic mass is 9.93. The number of para-hydroxylation sites is 1. The zero-order valence-electron chi connectivity index (χ0n) is 13.4. The first-order chi connectivity index (χ1) is 11.6. The number of pyridine rings is 1. The van der Waals surface area contributed by atoms with Crippen LogP contribution in [0.3, 0.4) is 0 Å². The monoisotopic (exact) mass is 321 g/mol. The molecule has 1 aromatic heterocycles. The average Bonchev–Trinajstić information content (AvgIpc) is 2.62. The Kier molecular flexibility index (Phi) is 4.44. The Morgan fingerprint density at radius 3 is 2.58 bits per heavy atom. The smallest absolute Gasteiger partial charge is 0.320 e. The predicted molar refractivity (Wildman–Crippen MR) is 94.8 cm³/mol. The van der Waals surface area contributed by atoms with E-state index in [0.29, 0.717) is 5.69 Å². The second kappa shape index (κ2) is 6.68. The Morgan fingerprint density at radius 2 is 1.83 bits per heavy atom. The fourth-order valence-electron chi connectivity index (χ4n) is 2.62. The second-order valence-electron chi connectivity index (χ2n) is 5.82. The lowest BCUT2D eigenvalue weighted by Crippen LogP contribution is -2.48. The van der Waals surface area contributed by atoms with Gasteiger partial charge in [0.25, 0.3) is 0 Å². The quantitative estimate of drug-likeness (QED) is 0.690. The van der Waals surface area contributed by atoms with Gasteiger partial charge in [-0.15, -0.1) is 0 Å². The van der Waals surface area contributed by atoms with Crippen molar-refractivity contribution < 1.29 is 9.90 Å². The van der Waals surface area contributed by atoms with E-state index < -0.39 is 11.6 Å². The van der Waals surface area contributed by atoms with Gasteiger partial charge in [-0.2, -0.15) is 0 Å². The number of hydrogen-bond acceptors (Lipinski definition) is 3. The predicted octanol–water partition coefficient (Wildman–Crippen LogP) is 3.26. The van der Waals surface area contributed by atoms with E-state index in [-0.39, 0.29) is 6.61 Å². The van der Waals surface area contributed by atoms with Gasteiger partial charge in [0.05, 0.1) is 23.3 Å². The fourth-order valence-corrected chi connectivity index (χ4v) is 2.62. The molecule has 3 aromatic rings. The zero-order valence-corrected chi connectivity index (χ0v) is 13.4. The van der Waals surface area contributed by atoms with E-state index in [2.05, 4.69) is 15.6 Å². The molecule has 0 unspecified atom stereocenters. The van der Waals surface area contributed by atoms with Crippen LogP contribution in [0.1, 0.15) is 12.5 Å². The van der Waals surface area contributed by atoms with Crippen LogP contribution in [0.15, 0.2) is 66.9 Å². The molecule has 0 aliphatic heterocycles. The number of aliphatic hydroxyl groups excluding tert-OH is 1.